The molecule has 1 aliphatic heterocycles. The Morgan fingerprint density at radius 3 is 2.60 bits per heavy atom. The number of nitrogens with zero attached hydrogens (tertiary/aromatic N) is 1. The summed E-state index contributed by atoms with van der Waals surface area (Å²) in [6, 6.07) is 0.889. The lowest BCUT2D eigenvalue weighted by atomic mass is 10.0. The predicted octanol–water partition coefficient (Wildman–Crippen LogP) is 2.13. The molecule has 0 saturated carbocycles. The van der Waals surface area contributed by atoms with Crippen LogP contribution in [0.3, 0.4) is 0 Å². The average molecular weight is 141 g/mol. The molecule has 0 aromatic rings. The Labute approximate surface area is 64.4 Å². The standard InChI is InChI=1S/C9H19N/c1-8(2)7-9-5-4-6-10(9)3/h8-9H,4-7H2,1-3H3. The molecule has 1 fully saturated rings. The van der Waals surface area contributed by atoms with Crippen LogP contribution in [0, 0.1) is 5.92 Å². The van der Waals surface area contributed by atoms with Crippen molar-refractivity contribution in [3.8, 4) is 0 Å². The Kier molecular flexibility index (Phi) is 2.72. The molecule has 0 aromatic heterocycles. The summed E-state index contributed by atoms with van der Waals surface area (Å²) in [4.78, 5) is 2.50. The zero-order valence-corrected chi connectivity index (χ0v) is 7.43. The van der Waals surface area contributed by atoms with Gasteiger partial charge in [-0.2, -0.15) is 0 Å². The lowest BCUT2D eigenvalue weighted by Gasteiger charge is -2.20. The van der Waals surface area contributed by atoms with Gasteiger partial charge in [0.1, 0.15) is 0 Å². The molecule has 0 aromatic carbocycles. The first-order valence-corrected chi connectivity index (χ1v) is 4.40. The van der Waals surface area contributed by atoms with E-state index >= 15 is 0 Å². The SMILES string of the molecule is CC(C)CC1CCCN1C. The minimum Gasteiger partial charge on any atom is -0.303 e. The van der Waals surface area contributed by atoms with Crippen molar-refractivity contribution in [2.75, 3.05) is 13.6 Å². The fraction of sp³-hybridized carbons (Fsp3) is 1.00. The van der Waals surface area contributed by atoms with E-state index in [-0.39, 0.29) is 0 Å². The zero-order chi connectivity index (χ0) is 7.56. The molecule has 1 saturated heterocycles. The van der Waals surface area contributed by atoms with Crippen LogP contribution in [0.25, 0.3) is 0 Å². The van der Waals surface area contributed by atoms with Crippen molar-refractivity contribution in [3.63, 3.8) is 0 Å². The van der Waals surface area contributed by atoms with E-state index in [0.717, 1.165) is 12.0 Å². The van der Waals surface area contributed by atoms with E-state index < -0.39 is 0 Å². The molecule has 0 radical (unpaired) electrons. The molecule has 0 amide bonds. The van der Waals surface area contributed by atoms with Gasteiger partial charge in [0.15, 0.2) is 0 Å². The van der Waals surface area contributed by atoms with Crippen molar-refractivity contribution >= 4 is 0 Å². The van der Waals surface area contributed by atoms with Crippen molar-refractivity contribution in [2.45, 2.75) is 39.2 Å². The Morgan fingerprint density at radius 2 is 2.20 bits per heavy atom. The molecule has 1 unspecified atom stereocenters. The molecule has 0 aliphatic carbocycles. The number of hydrogen-bond donors (Lipinski definition) is 0. The van der Waals surface area contributed by atoms with Crippen molar-refractivity contribution in [3.05, 3.63) is 0 Å². The lowest BCUT2D eigenvalue weighted by Crippen LogP contribution is -2.25. The van der Waals surface area contributed by atoms with Gasteiger partial charge in [0.2, 0.25) is 0 Å². The first-order chi connectivity index (χ1) is 4.70. The fourth-order valence-corrected chi connectivity index (χ4v) is 1.82. The smallest absolute Gasteiger partial charge is 0.00951 e. The van der Waals surface area contributed by atoms with Gasteiger partial charge in [-0.05, 0) is 38.8 Å². The maximum absolute atomic E-state index is 2.50. The maximum Gasteiger partial charge on any atom is 0.00951 e. The van der Waals surface area contributed by atoms with Gasteiger partial charge in [-0.15, -0.1) is 0 Å². The van der Waals surface area contributed by atoms with Crippen LogP contribution in [-0.4, -0.2) is 24.5 Å². The molecular formula is C9H19N. The first kappa shape index (κ1) is 8.06. The molecule has 1 heteroatoms. The second kappa shape index (κ2) is 3.38. The molecule has 0 bridgehead atoms. The van der Waals surface area contributed by atoms with Gasteiger partial charge in [0.05, 0.1) is 0 Å². The fourth-order valence-electron chi connectivity index (χ4n) is 1.82. The molecule has 1 rings (SSSR count). The molecule has 0 N–H and O–H groups in total. The highest BCUT2D eigenvalue weighted by atomic mass is 15.1. The van der Waals surface area contributed by atoms with Crippen molar-refractivity contribution in [1.29, 1.82) is 0 Å². The summed E-state index contributed by atoms with van der Waals surface area (Å²) in [7, 11) is 2.25. The van der Waals surface area contributed by atoms with Gasteiger partial charge < -0.3 is 4.90 Å². The normalized spacial score (nSPS) is 28.2. The summed E-state index contributed by atoms with van der Waals surface area (Å²) in [5.74, 6) is 0.866. The second-order valence-electron chi connectivity index (χ2n) is 3.91. The van der Waals surface area contributed by atoms with Crippen molar-refractivity contribution in [2.24, 2.45) is 5.92 Å². The minimum absolute atomic E-state index is 0.866. The average Bonchev–Trinajstić information content (AvgIpc) is 2.15. The van der Waals surface area contributed by atoms with Crippen LogP contribution in [0.5, 0.6) is 0 Å². The molecule has 60 valence electrons. The number of rotatable bonds is 2. The van der Waals surface area contributed by atoms with Gasteiger partial charge in [0, 0.05) is 6.04 Å². The topological polar surface area (TPSA) is 3.24 Å². The second-order valence-corrected chi connectivity index (χ2v) is 3.91. The van der Waals surface area contributed by atoms with Crippen LogP contribution in [0.1, 0.15) is 33.1 Å². The van der Waals surface area contributed by atoms with Crippen LogP contribution in [0.15, 0.2) is 0 Å². The van der Waals surface area contributed by atoms with Crippen LogP contribution in [-0.2, 0) is 0 Å². The number of likely N-dealkylation sites (tertiary alicyclic amines) is 1. The van der Waals surface area contributed by atoms with E-state index in [0.29, 0.717) is 0 Å². The van der Waals surface area contributed by atoms with E-state index in [1.54, 1.807) is 0 Å². The highest BCUT2D eigenvalue weighted by Crippen LogP contribution is 2.20. The monoisotopic (exact) mass is 141 g/mol. The lowest BCUT2D eigenvalue weighted by molar-refractivity contribution is 0.272. The highest BCUT2D eigenvalue weighted by Gasteiger charge is 2.20. The largest absolute Gasteiger partial charge is 0.303 e. The van der Waals surface area contributed by atoms with E-state index in [1.165, 1.54) is 25.8 Å². The molecule has 1 aliphatic rings. The zero-order valence-electron chi connectivity index (χ0n) is 7.43. The van der Waals surface area contributed by atoms with E-state index in [2.05, 4.69) is 25.8 Å². The Morgan fingerprint density at radius 1 is 1.50 bits per heavy atom. The summed E-state index contributed by atoms with van der Waals surface area (Å²) in [6.07, 6.45) is 4.22. The molecule has 1 heterocycles. The van der Waals surface area contributed by atoms with Crippen LogP contribution in [0.4, 0.5) is 0 Å². The van der Waals surface area contributed by atoms with Gasteiger partial charge in [-0.3, -0.25) is 0 Å². The molecule has 10 heavy (non-hydrogen) atoms. The summed E-state index contributed by atoms with van der Waals surface area (Å²) in [5.41, 5.74) is 0. The van der Waals surface area contributed by atoms with E-state index in [9.17, 15) is 0 Å². The third-order valence-electron chi connectivity index (χ3n) is 2.41. The summed E-state index contributed by atoms with van der Waals surface area (Å²) >= 11 is 0. The summed E-state index contributed by atoms with van der Waals surface area (Å²) < 4.78 is 0. The third-order valence-corrected chi connectivity index (χ3v) is 2.41. The molecule has 1 atom stereocenters. The molecular weight excluding hydrogens is 122 g/mol. The maximum atomic E-state index is 2.50. The van der Waals surface area contributed by atoms with E-state index in [4.69, 9.17) is 0 Å². The van der Waals surface area contributed by atoms with Gasteiger partial charge in [-0.25, -0.2) is 0 Å². The quantitative estimate of drug-likeness (QED) is 0.569. The minimum atomic E-state index is 0.866. The van der Waals surface area contributed by atoms with Crippen LogP contribution in [0.2, 0.25) is 0 Å². The van der Waals surface area contributed by atoms with Crippen molar-refractivity contribution in [1.82, 2.24) is 4.90 Å². The number of hydrogen-bond acceptors (Lipinski definition) is 1. The predicted molar refractivity (Wildman–Crippen MR) is 45.1 cm³/mol. The Balaban J connectivity index is 2.26. The molecule has 1 nitrogen and oxygen atoms in total. The molecule has 0 spiro atoms. The van der Waals surface area contributed by atoms with Crippen molar-refractivity contribution < 1.29 is 0 Å². The van der Waals surface area contributed by atoms with Gasteiger partial charge in [0.25, 0.3) is 0 Å². The first-order valence-electron chi connectivity index (χ1n) is 4.40. The Hall–Kier alpha value is -0.0400. The Bertz CT molecular complexity index is 98.9. The van der Waals surface area contributed by atoms with Crippen LogP contribution >= 0.6 is 0 Å². The van der Waals surface area contributed by atoms with Crippen LogP contribution < -0.4 is 0 Å². The highest BCUT2D eigenvalue weighted by molar-refractivity contribution is 4.76. The van der Waals surface area contributed by atoms with E-state index in [1.807, 2.05) is 0 Å². The summed E-state index contributed by atoms with van der Waals surface area (Å²) in [6.45, 7) is 5.94. The van der Waals surface area contributed by atoms with Gasteiger partial charge in [-0.1, -0.05) is 13.8 Å². The van der Waals surface area contributed by atoms with Gasteiger partial charge >= 0.3 is 0 Å². The third kappa shape index (κ3) is 1.98. The summed E-state index contributed by atoms with van der Waals surface area (Å²) in [5, 5.41) is 0.